The molecule has 1 N–H and O–H groups in total. The second-order valence-corrected chi connectivity index (χ2v) is 10.3. The van der Waals surface area contributed by atoms with Crippen LogP contribution in [-0.4, -0.2) is 42.3 Å². The molecule has 0 unspecified atom stereocenters. The van der Waals surface area contributed by atoms with Crippen LogP contribution in [-0.2, 0) is 6.42 Å². The maximum absolute atomic E-state index is 13.3. The van der Waals surface area contributed by atoms with Crippen molar-refractivity contribution in [3.05, 3.63) is 95.2 Å². The Hall–Kier alpha value is -3.64. The van der Waals surface area contributed by atoms with E-state index in [0.29, 0.717) is 6.42 Å². The first-order chi connectivity index (χ1) is 18.7. The summed E-state index contributed by atoms with van der Waals surface area (Å²) in [4.78, 5) is 9.69. The summed E-state index contributed by atoms with van der Waals surface area (Å²) >= 11 is 0. The average Bonchev–Trinajstić information content (AvgIpc) is 3.57. The van der Waals surface area contributed by atoms with Crippen molar-refractivity contribution >= 4 is 22.0 Å². The maximum atomic E-state index is 13.3. The molecule has 0 saturated carbocycles. The third-order valence-electron chi connectivity index (χ3n) is 7.80. The van der Waals surface area contributed by atoms with E-state index >= 15 is 0 Å². The van der Waals surface area contributed by atoms with Crippen LogP contribution in [0.5, 0.6) is 11.5 Å². The van der Waals surface area contributed by atoms with Crippen LogP contribution in [0.4, 0.5) is 8.92 Å². The summed E-state index contributed by atoms with van der Waals surface area (Å²) in [5.74, 6) is 1.04. The highest BCUT2D eigenvalue weighted by molar-refractivity contribution is 6.01. The minimum Gasteiger partial charge on any atom is -0.489 e. The molecular formula is C32H32F2N2O2. The molecule has 4 aromatic rings. The van der Waals surface area contributed by atoms with E-state index in [1.165, 1.54) is 22.1 Å². The highest BCUT2D eigenvalue weighted by Gasteiger charge is 2.24. The zero-order chi connectivity index (χ0) is 25.9. The molecule has 6 heteroatoms. The van der Waals surface area contributed by atoms with Gasteiger partial charge in [-0.3, -0.25) is 14.2 Å². The fraction of sp³-hybridized carbons (Fsp3) is 0.312. The molecule has 1 atom stereocenters. The molecule has 1 aromatic heterocycles. The summed E-state index contributed by atoms with van der Waals surface area (Å²) in [5.41, 5.74) is 7.90. The monoisotopic (exact) mass is 514 g/mol. The van der Waals surface area contributed by atoms with E-state index in [0.717, 1.165) is 73.3 Å². The summed E-state index contributed by atoms with van der Waals surface area (Å²) in [5, 5.41) is 1.17. The predicted octanol–water partition coefficient (Wildman–Crippen LogP) is 7.54. The molecule has 0 bridgehead atoms. The van der Waals surface area contributed by atoms with Gasteiger partial charge in [-0.05, 0) is 113 Å². The SMILES string of the molecule is FCCCN1CC[C@H](Oc2ccc(C3=C(c4ccc5[nH]ccc5c4)CCCc4ccc(OF)cc43)cc2)C1. The number of hydrogen-bond donors (Lipinski definition) is 1. The van der Waals surface area contributed by atoms with Crippen LogP contribution < -0.4 is 9.68 Å². The van der Waals surface area contributed by atoms with E-state index in [2.05, 4.69) is 51.2 Å². The quantitative estimate of drug-likeness (QED) is 0.264. The van der Waals surface area contributed by atoms with Gasteiger partial charge in [0, 0.05) is 35.9 Å². The molecule has 0 radical (unpaired) electrons. The molecule has 196 valence electrons. The second kappa shape index (κ2) is 11.0. The maximum Gasteiger partial charge on any atom is 0.172 e. The van der Waals surface area contributed by atoms with Crippen LogP contribution in [0, 0.1) is 0 Å². The smallest absolute Gasteiger partial charge is 0.172 e. The number of H-pyrrole nitrogens is 1. The fourth-order valence-electron chi connectivity index (χ4n) is 5.93. The summed E-state index contributed by atoms with van der Waals surface area (Å²) in [7, 11) is 0. The molecule has 6 rings (SSSR count). The van der Waals surface area contributed by atoms with Crippen molar-refractivity contribution in [2.75, 3.05) is 26.3 Å². The van der Waals surface area contributed by atoms with Gasteiger partial charge in [-0.15, -0.1) is 0 Å². The van der Waals surface area contributed by atoms with Crippen LogP contribution in [0.1, 0.15) is 47.9 Å². The van der Waals surface area contributed by atoms with Crippen LogP contribution in [0.15, 0.2) is 72.9 Å². The topological polar surface area (TPSA) is 37.5 Å². The number of aryl methyl sites for hydroxylation is 1. The molecule has 3 aromatic carbocycles. The lowest BCUT2D eigenvalue weighted by atomic mass is 9.87. The van der Waals surface area contributed by atoms with Gasteiger partial charge in [-0.1, -0.05) is 24.3 Å². The van der Waals surface area contributed by atoms with Gasteiger partial charge in [0.1, 0.15) is 11.9 Å². The molecule has 0 amide bonds. The first-order valence-corrected chi connectivity index (χ1v) is 13.5. The van der Waals surface area contributed by atoms with E-state index in [1.54, 1.807) is 6.07 Å². The Morgan fingerprint density at radius 2 is 1.76 bits per heavy atom. The number of allylic oxidation sites excluding steroid dienone is 1. The number of fused-ring (bicyclic) bond motifs is 2. The van der Waals surface area contributed by atoms with Crippen molar-refractivity contribution in [3.8, 4) is 11.5 Å². The number of aromatic nitrogens is 1. The van der Waals surface area contributed by atoms with E-state index in [4.69, 9.17) is 4.74 Å². The van der Waals surface area contributed by atoms with Crippen molar-refractivity contribution in [2.45, 2.75) is 38.2 Å². The molecule has 2 aliphatic rings. The van der Waals surface area contributed by atoms with Gasteiger partial charge >= 0.3 is 0 Å². The summed E-state index contributed by atoms with van der Waals surface area (Å²) in [6, 6.07) is 22.4. The second-order valence-electron chi connectivity index (χ2n) is 10.3. The molecule has 4 nitrogen and oxygen atoms in total. The van der Waals surface area contributed by atoms with E-state index in [-0.39, 0.29) is 18.5 Å². The number of hydrogen-bond acceptors (Lipinski definition) is 3. The zero-order valence-electron chi connectivity index (χ0n) is 21.4. The van der Waals surface area contributed by atoms with Gasteiger partial charge < -0.3 is 9.72 Å². The number of rotatable bonds is 8. The lowest BCUT2D eigenvalue weighted by Crippen LogP contribution is -2.26. The largest absolute Gasteiger partial charge is 0.489 e. The lowest BCUT2D eigenvalue weighted by molar-refractivity contribution is -0.00624. The number of alkyl halides is 1. The van der Waals surface area contributed by atoms with Crippen molar-refractivity contribution in [1.82, 2.24) is 9.88 Å². The standard InChI is InChI=1S/C32H32F2N2O2/c33-15-2-17-36-18-14-28(21-36)37-26-9-6-23(7-10-26)32-29(24-8-12-31-25(19-24)13-16-35-31)4-1-3-22-5-11-27(38-34)20-30(22)32/h5-13,16,19-20,28,35H,1-4,14-15,17-18,21H2/t28-/m0/s1. The van der Waals surface area contributed by atoms with Gasteiger partial charge in [-0.25, -0.2) is 0 Å². The number of likely N-dealkylation sites (tertiary alicyclic amines) is 1. The van der Waals surface area contributed by atoms with Gasteiger partial charge in [-0.2, -0.15) is 0 Å². The first-order valence-electron chi connectivity index (χ1n) is 13.5. The molecule has 1 aliphatic carbocycles. The number of benzene rings is 3. The van der Waals surface area contributed by atoms with Gasteiger partial charge in [0.25, 0.3) is 0 Å². The Bertz CT molecular complexity index is 1440. The Labute approximate surface area is 221 Å². The number of halogens is 2. The highest BCUT2D eigenvalue weighted by Crippen LogP contribution is 2.42. The summed E-state index contributed by atoms with van der Waals surface area (Å²) < 4.78 is 32.1. The van der Waals surface area contributed by atoms with Gasteiger partial charge in [0.05, 0.1) is 6.67 Å². The number of aromatic amines is 1. The molecular weight excluding hydrogens is 482 g/mol. The van der Waals surface area contributed by atoms with Crippen LogP contribution in [0.25, 0.3) is 22.0 Å². The highest BCUT2D eigenvalue weighted by atomic mass is 19.3. The number of ether oxygens (including phenoxy) is 1. The van der Waals surface area contributed by atoms with Crippen LogP contribution >= 0.6 is 0 Å². The Morgan fingerprint density at radius 1 is 0.921 bits per heavy atom. The van der Waals surface area contributed by atoms with Crippen LogP contribution in [0.2, 0.25) is 0 Å². The third-order valence-corrected chi connectivity index (χ3v) is 7.80. The molecule has 0 spiro atoms. The third kappa shape index (κ3) is 5.05. The fourth-order valence-corrected chi connectivity index (χ4v) is 5.93. The van der Waals surface area contributed by atoms with Crippen LogP contribution in [0.3, 0.4) is 0 Å². The van der Waals surface area contributed by atoms with E-state index in [1.807, 2.05) is 30.5 Å². The minimum absolute atomic E-state index is 0.117. The molecule has 2 heterocycles. The van der Waals surface area contributed by atoms with Crippen molar-refractivity contribution in [1.29, 1.82) is 0 Å². The van der Waals surface area contributed by atoms with Gasteiger partial charge in [0.15, 0.2) is 5.75 Å². The van der Waals surface area contributed by atoms with Crippen molar-refractivity contribution < 1.29 is 18.6 Å². The molecule has 38 heavy (non-hydrogen) atoms. The lowest BCUT2D eigenvalue weighted by Gasteiger charge is -2.19. The van der Waals surface area contributed by atoms with E-state index < -0.39 is 0 Å². The molecule has 1 aliphatic heterocycles. The van der Waals surface area contributed by atoms with Crippen molar-refractivity contribution in [2.24, 2.45) is 0 Å². The Morgan fingerprint density at radius 3 is 2.61 bits per heavy atom. The van der Waals surface area contributed by atoms with E-state index in [9.17, 15) is 8.92 Å². The molecule has 1 saturated heterocycles. The Kier molecular flexibility index (Phi) is 7.14. The first kappa shape index (κ1) is 24.7. The summed E-state index contributed by atoms with van der Waals surface area (Å²) in [6.45, 7) is 2.28. The summed E-state index contributed by atoms with van der Waals surface area (Å²) in [6.07, 6.45) is 6.45. The average molecular weight is 515 g/mol. The number of nitrogens with one attached hydrogen (secondary N) is 1. The Balaban J connectivity index is 1.36. The minimum atomic E-state index is -0.275. The zero-order valence-corrected chi connectivity index (χ0v) is 21.4. The normalized spacial score (nSPS) is 18.0. The van der Waals surface area contributed by atoms with Gasteiger partial charge in [0.2, 0.25) is 0 Å². The predicted molar refractivity (Wildman–Crippen MR) is 148 cm³/mol. The molecule has 1 fully saturated rings. The van der Waals surface area contributed by atoms with Crippen molar-refractivity contribution in [3.63, 3.8) is 0 Å². The number of nitrogens with zero attached hydrogens (tertiary/aromatic N) is 1.